The van der Waals surface area contributed by atoms with Crippen molar-refractivity contribution in [3.05, 3.63) is 5.01 Å². The molecule has 2 rings (SSSR count). The summed E-state index contributed by atoms with van der Waals surface area (Å²) in [7, 11) is 1.71. The van der Waals surface area contributed by atoms with E-state index in [0.717, 1.165) is 0 Å². The van der Waals surface area contributed by atoms with Gasteiger partial charge in [-0.1, -0.05) is 11.3 Å². The number of anilines is 1. The van der Waals surface area contributed by atoms with Crippen LogP contribution in [0, 0.1) is 0 Å². The van der Waals surface area contributed by atoms with Gasteiger partial charge >= 0.3 is 0 Å². The summed E-state index contributed by atoms with van der Waals surface area (Å²) >= 11 is 1.18. The predicted molar refractivity (Wildman–Crippen MR) is 58.4 cm³/mol. The average molecular weight is 241 g/mol. The Morgan fingerprint density at radius 2 is 2.38 bits per heavy atom. The molecule has 86 valence electrons. The molecule has 2 amide bonds. The molecule has 0 bridgehead atoms. The molecule has 0 spiro atoms. The molecule has 7 nitrogen and oxygen atoms in total. The second-order valence-electron chi connectivity index (χ2n) is 3.24. The fourth-order valence-electron chi connectivity index (χ4n) is 1.36. The Balaban J connectivity index is 2.09. The molecule has 0 aliphatic carbocycles. The van der Waals surface area contributed by atoms with Gasteiger partial charge in [-0.25, -0.2) is 0 Å². The number of aromatic nitrogens is 2. The number of nitrogens with one attached hydrogen (secondary N) is 2. The minimum absolute atomic E-state index is 0.0906. The molecule has 1 aromatic rings. The third kappa shape index (κ3) is 2.11. The summed E-state index contributed by atoms with van der Waals surface area (Å²) in [6.45, 7) is 1.09. The van der Waals surface area contributed by atoms with Crippen LogP contribution in [0.4, 0.5) is 5.13 Å². The van der Waals surface area contributed by atoms with E-state index in [1.165, 1.54) is 16.2 Å². The molecular formula is C8H11N5O2S. The number of nitrogens with zero attached hydrogens (tertiary/aromatic N) is 3. The predicted octanol–water partition coefficient (Wildman–Crippen LogP) is -0.848. The Bertz CT molecular complexity index is 418. The van der Waals surface area contributed by atoms with E-state index in [2.05, 4.69) is 20.8 Å². The van der Waals surface area contributed by atoms with E-state index in [4.69, 9.17) is 0 Å². The summed E-state index contributed by atoms with van der Waals surface area (Å²) in [5.74, 6) is -0.383. The highest BCUT2D eigenvalue weighted by Gasteiger charge is 2.24. The van der Waals surface area contributed by atoms with E-state index < -0.39 is 0 Å². The highest BCUT2D eigenvalue weighted by Crippen LogP contribution is 2.16. The minimum atomic E-state index is -0.242. The quantitative estimate of drug-likeness (QED) is 0.704. The topological polar surface area (TPSA) is 87.2 Å². The molecule has 1 saturated heterocycles. The Labute approximate surface area is 95.8 Å². The van der Waals surface area contributed by atoms with Crippen LogP contribution in [-0.2, 0) is 4.79 Å². The first-order chi connectivity index (χ1) is 7.70. The van der Waals surface area contributed by atoms with Crippen molar-refractivity contribution < 1.29 is 9.59 Å². The maximum atomic E-state index is 11.9. The SMILES string of the molecule is CNc1nnc(C(=O)N2CCNC(=O)C2)s1. The van der Waals surface area contributed by atoms with Crippen molar-refractivity contribution in [2.75, 3.05) is 32.0 Å². The molecule has 0 radical (unpaired) electrons. The third-order valence-electron chi connectivity index (χ3n) is 2.15. The van der Waals surface area contributed by atoms with Crippen LogP contribution in [0.15, 0.2) is 0 Å². The van der Waals surface area contributed by atoms with Crippen LogP contribution in [0.1, 0.15) is 9.80 Å². The van der Waals surface area contributed by atoms with Crippen molar-refractivity contribution in [3.63, 3.8) is 0 Å². The molecule has 0 aromatic carbocycles. The number of hydrogen-bond acceptors (Lipinski definition) is 6. The first-order valence-electron chi connectivity index (χ1n) is 4.78. The average Bonchev–Trinajstić information content (AvgIpc) is 2.76. The molecule has 0 saturated carbocycles. The third-order valence-corrected chi connectivity index (χ3v) is 3.08. The molecular weight excluding hydrogens is 230 g/mol. The summed E-state index contributed by atoms with van der Waals surface area (Å²) in [5, 5.41) is 13.9. The Hall–Kier alpha value is -1.70. The molecule has 2 N–H and O–H groups in total. The van der Waals surface area contributed by atoms with E-state index in [0.29, 0.717) is 23.2 Å². The van der Waals surface area contributed by atoms with Crippen LogP contribution in [0.3, 0.4) is 0 Å². The summed E-state index contributed by atoms with van der Waals surface area (Å²) in [5.41, 5.74) is 0. The van der Waals surface area contributed by atoms with Gasteiger partial charge < -0.3 is 15.5 Å². The van der Waals surface area contributed by atoms with Gasteiger partial charge in [-0.2, -0.15) is 0 Å². The second-order valence-corrected chi connectivity index (χ2v) is 4.22. The van der Waals surface area contributed by atoms with Gasteiger partial charge in [0, 0.05) is 20.1 Å². The normalized spacial score (nSPS) is 15.8. The fraction of sp³-hybridized carbons (Fsp3) is 0.500. The zero-order valence-corrected chi connectivity index (χ0v) is 9.50. The van der Waals surface area contributed by atoms with E-state index in [-0.39, 0.29) is 18.4 Å². The zero-order chi connectivity index (χ0) is 11.5. The standard InChI is InChI=1S/C8H11N5O2S/c1-9-8-12-11-6(16-8)7(15)13-3-2-10-5(14)4-13/h2-4H2,1H3,(H,9,12)(H,10,14). The van der Waals surface area contributed by atoms with Crippen LogP contribution < -0.4 is 10.6 Å². The van der Waals surface area contributed by atoms with Crippen molar-refractivity contribution >= 4 is 28.3 Å². The molecule has 1 aliphatic heterocycles. The van der Waals surface area contributed by atoms with E-state index >= 15 is 0 Å². The van der Waals surface area contributed by atoms with Crippen LogP contribution in [0.2, 0.25) is 0 Å². The highest BCUT2D eigenvalue weighted by molar-refractivity contribution is 7.17. The van der Waals surface area contributed by atoms with Gasteiger partial charge in [0.2, 0.25) is 16.0 Å². The molecule has 16 heavy (non-hydrogen) atoms. The Morgan fingerprint density at radius 1 is 1.56 bits per heavy atom. The van der Waals surface area contributed by atoms with E-state index in [1.807, 2.05) is 0 Å². The smallest absolute Gasteiger partial charge is 0.285 e. The number of rotatable bonds is 2. The molecule has 1 fully saturated rings. The molecule has 2 heterocycles. The lowest BCUT2D eigenvalue weighted by Gasteiger charge is -2.25. The monoisotopic (exact) mass is 241 g/mol. The zero-order valence-electron chi connectivity index (χ0n) is 8.69. The number of carbonyl (C=O) groups excluding carboxylic acids is 2. The van der Waals surface area contributed by atoms with Crippen molar-refractivity contribution in [2.24, 2.45) is 0 Å². The summed E-state index contributed by atoms with van der Waals surface area (Å²) in [6.07, 6.45) is 0. The molecule has 0 unspecified atom stereocenters. The largest absolute Gasteiger partial charge is 0.363 e. The minimum Gasteiger partial charge on any atom is -0.363 e. The lowest BCUT2D eigenvalue weighted by atomic mass is 10.3. The number of piperazine rings is 1. The molecule has 1 aromatic heterocycles. The van der Waals surface area contributed by atoms with Gasteiger partial charge in [0.1, 0.15) is 0 Å². The van der Waals surface area contributed by atoms with E-state index in [1.54, 1.807) is 7.05 Å². The van der Waals surface area contributed by atoms with Crippen LogP contribution >= 0.6 is 11.3 Å². The number of carbonyl (C=O) groups is 2. The maximum Gasteiger partial charge on any atom is 0.285 e. The summed E-state index contributed by atoms with van der Waals surface area (Å²) in [4.78, 5) is 24.5. The number of hydrogen-bond donors (Lipinski definition) is 2. The Morgan fingerprint density at radius 3 is 3.00 bits per heavy atom. The van der Waals surface area contributed by atoms with Crippen LogP contribution in [-0.4, -0.2) is 53.6 Å². The van der Waals surface area contributed by atoms with Crippen LogP contribution in [0.25, 0.3) is 0 Å². The summed E-state index contributed by atoms with van der Waals surface area (Å²) in [6, 6.07) is 0. The van der Waals surface area contributed by atoms with E-state index in [9.17, 15) is 9.59 Å². The highest BCUT2D eigenvalue weighted by atomic mass is 32.1. The van der Waals surface area contributed by atoms with Gasteiger partial charge in [0.05, 0.1) is 6.54 Å². The second kappa shape index (κ2) is 4.44. The summed E-state index contributed by atoms with van der Waals surface area (Å²) < 4.78 is 0. The fourth-order valence-corrected chi connectivity index (χ4v) is 2.02. The maximum absolute atomic E-state index is 11.9. The van der Waals surface area contributed by atoms with Gasteiger partial charge in [-0.3, -0.25) is 9.59 Å². The first-order valence-corrected chi connectivity index (χ1v) is 5.59. The lowest BCUT2D eigenvalue weighted by Crippen LogP contribution is -2.49. The van der Waals surface area contributed by atoms with Crippen molar-refractivity contribution in [1.29, 1.82) is 0 Å². The lowest BCUT2D eigenvalue weighted by molar-refractivity contribution is -0.123. The van der Waals surface area contributed by atoms with Gasteiger partial charge in [-0.05, 0) is 0 Å². The van der Waals surface area contributed by atoms with Crippen molar-refractivity contribution in [3.8, 4) is 0 Å². The Kier molecular flexibility index (Phi) is 3.00. The van der Waals surface area contributed by atoms with Crippen molar-refractivity contribution in [2.45, 2.75) is 0 Å². The molecule has 1 aliphatic rings. The van der Waals surface area contributed by atoms with Gasteiger partial charge in [0.25, 0.3) is 5.91 Å². The first kappa shape index (κ1) is 10.8. The number of amides is 2. The van der Waals surface area contributed by atoms with Gasteiger partial charge in [-0.15, -0.1) is 10.2 Å². The van der Waals surface area contributed by atoms with Gasteiger partial charge in [0.15, 0.2) is 0 Å². The molecule has 0 atom stereocenters. The van der Waals surface area contributed by atoms with Crippen LogP contribution in [0.5, 0.6) is 0 Å². The van der Waals surface area contributed by atoms with Crippen molar-refractivity contribution in [1.82, 2.24) is 20.4 Å². The molecule has 8 heteroatoms.